The van der Waals surface area contributed by atoms with Crippen molar-refractivity contribution < 1.29 is 45.8 Å². The van der Waals surface area contributed by atoms with Crippen LogP contribution >= 0.6 is 11.6 Å². The van der Waals surface area contributed by atoms with E-state index in [2.05, 4.69) is 15.4 Å². The Kier molecular flexibility index (Phi) is 8.48. The van der Waals surface area contributed by atoms with Gasteiger partial charge in [-0.15, -0.1) is 0 Å². The number of esters is 1. The number of ether oxygens (including phenoxy) is 1. The minimum atomic E-state index is -4.09. The lowest BCUT2D eigenvalue weighted by Crippen LogP contribution is -2.63. The Morgan fingerprint density at radius 1 is 1.07 bits per heavy atom. The lowest BCUT2D eigenvalue weighted by Gasteiger charge is -2.58. The van der Waals surface area contributed by atoms with Gasteiger partial charge in [0, 0.05) is 29.9 Å². The largest absolute Gasteiger partial charge is 0.469 e. The highest BCUT2D eigenvalue weighted by atomic mass is 35.5. The highest BCUT2D eigenvalue weighted by Gasteiger charge is 2.60. The standard InChI is InChI=1S/C26H26ClF3N2O7S/c1-39-23(34)4-5-31-22(33)12-26(36)14-7-15(26)9-17(8-14)40(37,38)21-6-13(2-3-18(21)27)25(35)32-16-10-19(28)24(30)20(29)11-16/h2-3,6,10-11,14-15,17,36H,4-5,7-9,12H2,1H3,(H,31,33)(H,32,35)/t14?,15?,17-,26-. The smallest absolute Gasteiger partial charge is 0.307 e. The van der Waals surface area contributed by atoms with E-state index < -0.39 is 67.8 Å². The maximum atomic E-state index is 13.5. The molecular formula is C26H26ClF3N2O7S. The normalized spacial score (nSPS) is 23.6. The molecule has 3 aliphatic rings. The minimum Gasteiger partial charge on any atom is -0.469 e. The van der Waals surface area contributed by atoms with Gasteiger partial charge >= 0.3 is 5.97 Å². The fourth-order valence-corrected chi connectivity index (χ4v) is 7.80. The molecule has 0 spiro atoms. The molecule has 9 nitrogen and oxygen atoms in total. The number of methoxy groups -OCH3 is 1. The molecule has 2 amide bonds. The summed E-state index contributed by atoms with van der Waals surface area (Å²) in [5.41, 5.74) is -1.93. The van der Waals surface area contributed by atoms with Crippen LogP contribution in [0.1, 0.15) is 42.5 Å². The third-order valence-corrected chi connectivity index (χ3v) is 10.2. The molecule has 2 aromatic rings. The van der Waals surface area contributed by atoms with Crippen LogP contribution in [0.5, 0.6) is 0 Å². The summed E-state index contributed by atoms with van der Waals surface area (Å²) in [6.45, 7) is 0.0430. The van der Waals surface area contributed by atoms with E-state index in [0.717, 1.165) is 6.07 Å². The number of nitrogens with one attached hydrogen (secondary N) is 2. The molecule has 0 aromatic heterocycles. The molecule has 2 unspecified atom stereocenters. The number of sulfone groups is 1. The van der Waals surface area contributed by atoms with Crippen LogP contribution in [0, 0.1) is 29.3 Å². The van der Waals surface area contributed by atoms with Crippen LogP contribution in [0.4, 0.5) is 18.9 Å². The number of anilines is 1. The number of amides is 2. The molecule has 2 aromatic carbocycles. The second-order valence-corrected chi connectivity index (χ2v) is 12.6. The molecule has 0 radical (unpaired) electrons. The fourth-order valence-electron chi connectivity index (χ4n) is 5.40. The topological polar surface area (TPSA) is 139 Å². The first-order valence-electron chi connectivity index (χ1n) is 12.3. The number of benzene rings is 2. The Labute approximate surface area is 233 Å². The number of carbonyl (C=O) groups is 3. The molecule has 216 valence electrons. The third kappa shape index (κ3) is 5.81. The Hall–Kier alpha value is -3.16. The molecule has 3 aliphatic carbocycles. The molecule has 2 bridgehead atoms. The molecule has 14 heteroatoms. The van der Waals surface area contributed by atoms with E-state index in [0.29, 0.717) is 18.6 Å². The predicted octanol–water partition coefficient (Wildman–Crippen LogP) is 3.38. The van der Waals surface area contributed by atoms with E-state index >= 15 is 0 Å². The highest BCUT2D eigenvalue weighted by molar-refractivity contribution is 7.92. The molecule has 40 heavy (non-hydrogen) atoms. The first kappa shape index (κ1) is 29.8. The van der Waals surface area contributed by atoms with E-state index in [-0.39, 0.29) is 53.4 Å². The summed E-state index contributed by atoms with van der Waals surface area (Å²) in [6, 6.07) is 4.64. The van der Waals surface area contributed by atoms with Crippen molar-refractivity contribution in [3.63, 3.8) is 0 Å². The van der Waals surface area contributed by atoms with Gasteiger partial charge in [-0.25, -0.2) is 21.6 Å². The second-order valence-electron chi connectivity index (χ2n) is 9.97. The lowest BCUT2D eigenvalue weighted by molar-refractivity contribution is -0.183. The quantitative estimate of drug-likeness (QED) is 0.295. The van der Waals surface area contributed by atoms with E-state index in [1.54, 1.807) is 0 Å². The van der Waals surface area contributed by atoms with E-state index in [9.17, 15) is 41.1 Å². The van der Waals surface area contributed by atoms with Gasteiger partial charge in [-0.05, 0) is 49.3 Å². The molecule has 3 N–H and O–H groups in total. The van der Waals surface area contributed by atoms with Crippen LogP contribution in [0.2, 0.25) is 5.02 Å². The molecule has 0 heterocycles. The van der Waals surface area contributed by atoms with Crippen LogP contribution in [-0.4, -0.2) is 55.8 Å². The molecule has 0 saturated heterocycles. The second kappa shape index (κ2) is 11.4. The zero-order chi connectivity index (χ0) is 29.4. The van der Waals surface area contributed by atoms with E-state index in [4.69, 9.17) is 11.6 Å². The van der Waals surface area contributed by atoms with Crippen molar-refractivity contribution in [3.8, 4) is 0 Å². The molecule has 5 rings (SSSR count). The average Bonchev–Trinajstić information content (AvgIpc) is 2.91. The van der Waals surface area contributed by atoms with Gasteiger partial charge in [-0.1, -0.05) is 11.6 Å². The van der Waals surface area contributed by atoms with Gasteiger partial charge in [-0.3, -0.25) is 14.4 Å². The Balaban J connectivity index is 1.45. The summed E-state index contributed by atoms with van der Waals surface area (Å²) in [5, 5.41) is 14.8. The predicted molar refractivity (Wildman–Crippen MR) is 137 cm³/mol. The number of hydrogen-bond acceptors (Lipinski definition) is 7. The van der Waals surface area contributed by atoms with Gasteiger partial charge in [0.15, 0.2) is 27.3 Å². The maximum absolute atomic E-state index is 13.5. The van der Waals surface area contributed by atoms with Crippen molar-refractivity contribution in [1.82, 2.24) is 5.32 Å². The zero-order valence-corrected chi connectivity index (χ0v) is 22.8. The monoisotopic (exact) mass is 602 g/mol. The summed E-state index contributed by atoms with van der Waals surface area (Å²) >= 11 is 6.19. The fraction of sp³-hybridized carbons (Fsp3) is 0.423. The zero-order valence-electron chi connectivity index (χ0n) is 21.2. The van der Waals surface area contributed by atoms with Crippen molar-refractivity contribution in [3.05, 3.63) is 58.4 Å². The van der Waals surface area contributed by atoms with Gasteiger partial charge in [0.2, 0.25) is 5.91 Å². The first-order valence-corrected chi connectivity index (χ1v) is 14.2. The van der Waals surface area contributed by atoms with Crippen LogP contribution in [0.25, 0.3) is 0 Å². The number of hydrogen-bond donors (Lipinski definition) is 3. The number of rotatable bonds is 9. The maximum Gasteiger partial charge on any atom is 0.307 e. The van der Waals surface area contributed by atoms with Crippen LogP contribution in [-0.2, 0) is 24.2 Å². The van der Waals surface area contributed by atoms with Crippen molar-refractivity contribution in [2.45, 2.75) is 47.9 Å². The van der Waals surface area contributed by atoms with Gasteiger partial charge in [0.05, 0.1) is 40.7 Å². The minimum absolute atomic E-state index is 0.0244. The van der Waals surface area contributed by atoms with Crippen molar-refractivity contribution >= 4 is 44.9 Å². The number of halogens is 4. The Bertz CT molecular complexity index is 1440. The van der Waals surface area contributed by atoms with E-state index in [1.165, 1.54) is 19.2 Å². The lowest BCUT2D eigenvalue weighted by atomic mass is 9.52. The van der Waals surface area contributed by atoms with Gasteiger partial charge < -0.3 is 20.5 Å². The average molecular weight is 603 g/mol. The van der Waals surface area contributed by atoms with Crippen LogP contribution in [0.3, 0.4) is 0 Å². The molecule has 3 saturated carbocycles. The highest BCUT2D eigenvalue weighted by Crippen LogP contribution is 2.57. The summed E-state index contributed by atoms with van der Waals surface area (Å²) < 4.78 is 71.8. The first-order chi connectivity index (χ1) is 18.8. The number of aliphatic hydroxyl groups is 1. The summed E-state index contributed by atoms with van der Waals surface area (Å²) in [7, 11) is -2.87. The third-order valence-electron chi connectivity index (χ3n) is 7.58. The van der Waals surface area contributed by atoms with Gasteiger partial charge in [-0.2, -0.15) is 0 Å². The molecule has 3 fully saturated rings. The molecular weight excluding hydrogens is 577 g/mol. The summed E-state index contributed by atoms with van der Waals surface area (Å²) in [4.78, 5) is 35.9. The molecule has 2 atom stereocenters. The van der Waals surface area contributed by atoms with Gasteiger partial charge in [0.25, 0.3) is 5.91 Å². The summed E-state index contributed by atoms with van der Waals surface area (Å²) in [5.74, 6) is -7.52. The van der Waals surface area contributed by atoms with Crippen molar-refractivity contribution in [2.24, 2.45) is 11.8 Å². The van der Waals surface area contributed by atoms with Crippen molar-refractivity contribution in [2.75, 3.05) is 19.0 Å². The van der Waals surface area contributed by atoms with E-state index in [1.807, 2.05) is 0 Å². The van der Waals surface area contributed by atoms with Crippen molar-refractivity contribution in [1.29, 1.82) is 0 Å². The SMILES string of the molecule is COC(=O)CCNC(=O)C[C@]1(O)C2CC1C[C@@H](S(=O)(=O)c1cc(C(=O)Nc3cc(F)c(F)c(F)c3)ccc1Cl)C2. The van der Waals surface area contributed by atoms with Crippen LogP contribution < -0.4 is 10.6 Å². The summed E-state index contributed by atoms with van der Waals surface area (Å²) in [6.07, 6.45) is 0.400. The Morgan fingerprint density at radius 2 is 1.70 bits per heavy atom. The number of fused-ring (bicyclic) bond motifs is 2. The Morgan fingerprint density at radius 3 is 2.30 bits per heavy atom. The molecule has 0 aliphatic heterocycles. The number of carbonyl (C=O) groups excluding carboxylic acids is 3. The van der Waals surface area contributed by atoms with Crippen LogP contribution in [0.15, 0.2) is 35.2 Å². The van der Waals surface area contributed by atoms with Gasteiger partial charge in [0.1, 0.15) is 0 Å².